The molecule has 0 fully saturated rings. The number of aliphatic carboxylic acids is 1. The smallest absolute Gasteiger partial charge is 0.318 e. The van der Waals surface area contributed by atoms with Gasteiger partial charge in [-0.15, -0.1) is 0 Å². The summed E-state index contributed by atoms with van der Waals surface area (Å²) in [5.41, 5.74) is 3.49. The molecule has 0 saturated carbocycles. The van der Waals surface area contributed by atoms with Gasteiger partial charge in [0.2, 0.25) is 5.89 Å². The third-order valence-corrected chi connectivity index (χ3v) is 7.85. The third kappa shape index (κ3) is 6.93. The first-order valence-electron chi connectivity index (χ1n) is 11.7. The van der Waals surface area contributed by atoms with Crippen molar-refractivity contribution in [1.29, 1.82) is 0 Å². The maximum Gasteiger partial charge on any atom is 0.318 e. The average Bonchev–Trinajstić information content (AvgIpc) is 3.18. The predicted octanol–water partition coefficient (Wildman–Crippen LogP) is 4.05. The molecular weight excluding hydrogens is 482 g/mol. The van der Waals surface area contributed by atoms with Crippen LogP contribution in [0.5, 0.6) is 5.75 Å². The summed E-state index contributed by atoms with van der Waals surface area (Å²) in [7, 11) is -2.53. The molecule has 0 spiro atoms. The Hall–Kier alpha value is -3.21. The Bertz CT molecular complexity index is 1290. The minimum Gasteiger partial charge on any atom is -0.493 e. The number of ether oxygens (including phenoxy) is 1. The van der Waals surface area contributed by atoms with Crippen molar-refractivity contribution in [2.45, 2.75) is 46.7 Å². The van der Waals surface area contributed by atoms with Gasteiger partial charge >= 0.3 is 5.97 Å². The zero-order valence-corrected chi connectivity index (χ0v) is 22.1. The second kappa shape index (κ2) is 11.7. The van der Waals surface area contributed by atoms with Crippen LogP contribution < -0.4 is 4.74 Å². The van der Waals surface area contributed by atoms with Crippen LogP contribution in [0.1, 0.15) is 36.4 Å². The Labute approximate surface area is 212 Å². The van der Waals surface area contributed by atoms with Gasteiger partial charge in [0.05, 0.1) is 12.3 Å². The van der Waals surface area contributed by atoms with Crippen molar-refractivity contribution >= 4 is 16.2 Å². The summed E-state index contributed by atoms with van der Waals surface area (Å²) in [6.07, 6.45) is 0.532. The molecule has 3 rings (SSSR count). The van der Waals surface area contributed by atoms with E-state index < -0.39 is 22.7 Å². The Morgan fingerprint density at radius 1 is 1.14 bits per heavy atom. The van der Waals surface area contributed by atoms with Crippen LogP contribution in [0, 0.1) is 13.8 Å². The highest BCUT2D eigenvalue weighted by molar-refractivity contribution is 7.86. The van der Waals surface area contributed by atoms with Crippen LogP contribution in [0.15, 0.2) is 52.9 Å². The lowest BCUT2D eigenvalue weighted by Crippen LogP contribution is -2.46. The first kappa shape index (κ1) is 27.4. The number of oxazole rings is 1. The van der Waals surface area contributed by atoms with Gasteiger partial charge in [-0.2, -0.15) is 17.0 Å². The number of hydrogen-bond acceptors (Lipinski definition) is 6. The lowest BCUT2D eigenvalue weighted by atomic mass is 10.1. The van der Waals surface area contributed by atoms with Crippen molar-refractivity contribution in [2.24, 2.45) is 0 Å². The minimum atomic E-state index is -3.96. The Balaban J connectivity index is 1.66. The van der Waals surface area contributed by atoms with Gasteiger partial charge in [0.1, 0.15) is 18.1 Å². The highest BCUT2D eigenvalue weighted by atomic mass is 32.2. The number of hydrogen-bond donors (Lipinski definition) is 1. The van der Waals surface area contributed by atoms with E-state index >= 15 is 0 Å². The second-order valence-electron chi connectivity index (χ2n) is 8.91. The summed E-state index contributed by atoms with van der Waals surface area (Å²) in [6, 6.07) is 14.6. The number of carbonyl (C=O) groups is 1. The molecule has 1 heterocycles. The summed E-state index contributed by atoms with van der Waals surface area (Å²) in [4.78, 5) is 16.0. The largest absolute Gasteiger partial charge is 0.493 e. The molecule has 0 radical (unpaired) electrons. The molecular formula is C26H33N3O6S. The van der Waals surface area contributed by atoms with Crippen LogP contribution in [0.2, 0.25) is 0 Å². The number of aromatic nitrogens is 1. The topological polar surface area (TPSA) is 113 Å². The maximum atomic E-state index is 12.9. The van der Waals surface area contributed by atoms with Gasteiger partial charge in [0, 0.05) is 31.6 Å². The number of aryl methyl sites for hydroxylation is 2. The minimum absolute atomic E-state index is 0.0921. The lowest BCUT2D eigenvalue weighted by molar-refractivity contribution is -0.137. The zero-order valence-electron chi connectivity index (χ0n) is 21.3. The van der Waals surface area contributed by atoms with Crippen LogP contribution in [0.3, 0.4) is 0 Å². The van der Waals surface area contributed by atoms with Gasteiger partial charge in [0.15, 0.2) is 0 Å². The zero-order chi connectivity index (χ0) is 26.5. The number of rotatable bonds is 12. The maximum absolute atomic E-state index is 12.9. The molecule has 2 aromatic carbocycles. The van der Waals surface area contributed by atoms with Crippen molar-refractivity contribution in [1.82, 2.24) is 13.6 Å². The molecule has 10 heteroatoms. The fourth-order valence-electron chi connectivity index (χ4n) is 3.50. The van der Waals surface area contributed by atoms with Crippen LogP contribution in [-0.2, 0) is 28.0 Å². The summed E-state index contributed by atoms with van der Waals surface area (Å²) in [6.45, 7) is 6.96. The van der Waals surface area contributed by atoms with Crippen molar-refractivity contribution < 1.29 is 27.5 Å². The molecule has 1 N–H and O–H groups in total. The molecule has 194 valence electrons. The second-order valence-corrected chi connectivity index (χ2v) is 10.9. The van der Waals surface area contributed by atoms with Crippen LogP contribution in [-0.4, -0.2) is 59.3 Å². The number of nitrogens with zero attached hydrogens (tertiary/aromatic N) is 3. The number of benzene rings is 2. The number of carboxylic acids is 1. The van der Waals surface area contributed by atoms with E-state index in [-0.39, 0.29) is 12.6 Å². The van der Waals surface area contributed by atoms with E-state index in [1.54, 1.807) is 38.1 Å². The van der Waals surface area contributed by atoms with Crippen molar-refractivity contribution in [2.75, 3.05) is 20.2 Å². The fourth-order valence-corrected chi connectivity index (χ4v) is 4.98. The molecule has 0 saturated heterocycles. The molecule has 9 nitrogen and oxygen atoms in total. The van der Waals surface area contributed by atoms with Gasteiger partial charge in [-0.1, -0.05) is 29.8 Å². The lowest BCUT2D eigenvalue weighted by Gasteiger charge is -2.28. The summed E-state index contributed by atoms with van der Waals surface area (Å²) < 4.78 is 39.7. The summed E-state index contributed by atoms with van der Waals surface area (Å²) in [5.74, 6) is 0.621. The Morgan fingerprint density at radius 3 is 2.47 bits per heavy atom. The molecule has 3 aromatic rings. The molecule has 0 amide bonds. The van der Waals surface area contributed by atoms with Crippen molar-refractivity contribution in [3.05, 3.63) is 71.1 Å². The average molecular weight is 516 g/mol. The standard InChI is InChI=1S/C26H33N3O6S/c1-18(2)28(5)36(32,33)29(17-25(30)31)16-21-7-6-8-23(15-21)34-14-13-24-20(4)35-26(27-24)22-11-9-19(3)10-12-22/h6-12,15,18H,13-14,16-17H2,1-5H3,(H,30,31). The molecule has 0 aliphatic heterocycles. The van der Waals surface area contributed by atoms with Crippen LogP contribution in [0.25, 0.3) is 11.5 Å². The molecule has 0 atom stereocenters. The van der Waals surface area contributed by atoms with E-state index in [1.807, 2.05) is 38.1 Å². The highest BCUT2D eigenvalue weighted by Crippen LogP contribution is 2.23. The van der Waals surface area contributed by atoms with E-state index in [9.17, 15) is 18.3 Å². The van der Waals surface area contributed by atoms with E-state index in [1.165, 1.54) is 7.05 Å². The molecule has 0 aliphatic carbocycles. The van der Waals surface area contributed by atoms with Crippen molar-refractivity contribution in [3.63, 3.8) is 0 Å². The quantitative estimate of drug-likeness (QED) is 0.387. The summed E-state index contributed by atoms with van der Waals surface area (Å²) >= 11 is 0. The predicted molar refractivity (Wildman–Crippen MR) is 137 cm³/mol. The first-order valence-corrected chi connectivity index (χ1v) is 13.1. The van der Waals surface area contributed by atoms with Crippen LogP contribution in [0.4, 0.5) is 0 Å². The van der Waals surface area contributed by atoms with Gasteiger partial charge < -0.3 is 14.3 Å². The SMILES string of the molecule is Cc1ccc(-c2nc(CCOc3cccc(CN(CC(=O)O)S(=O)(=O)N(C)C(C)C)c3)c(C)o2)cc1. The van der Waals surface area contributed by atoms with Crippen LogP contribution >= 0.6 is 0 Å². The van der Waals surface area contributed by atoms with Gasteiger partial charge in [-0.25, -0.2) is 4.98 Å². The molecule has 0 aliphatic rings. The molecule has 0 bridgehead atoms. The Kier molecular flexibility index (Phi) is 8.89. The highest BCUT2D eigenvalue weighted by Gasteiger charge is 2.30. The van der Waals surface area contributed by atoms with E-state index in [2.05, 4.69) is 4.98 Å². The van der Waals surface area contributed by atoms with E-state index in [0.29, 0.717) is 30.2 Å². The first-order chi connectivity index (χ1) is 17.0. The third-order valence-electron chi connectivity index (χ3n) is 5.79. The van der Waals surface area contributed by atoms with Crippen molar-refractivity contribution in [3.8, 4) is 17.2 Å². The molecule has 36 heavy (non-hydrogen) atoms. The fraction of sp³-hybridized carbons (Fsp3) is 0.385. The monoisotopic (exact) mass is 515 g/mol. The van der Waals surface area contributed by atoms with Gasteiger partial charge in [0.25, 0.3) is 10.2 Å². The number of carboxylic acid groups (broad SMARTS) is 1. The Morgan fingerprint density at radius 2 is 1.83 bits per heavy atom. The van der Waals surface area contributed by atoms with Gasteiger partial charge in [-0.3, -0.25) is 4.79 Å². The van der Waals surface area contributed by atoms with E-state index in [0.717, 1.165) is 31.2 Å². The van der Waals surface area contributed by atoms with Gasteiger partial charge in [-0.05, 0) is 57.5 Å². The molecule has 0 unspecified atom stereocenters. The normalized spacial score (nSPS) is 12.0. The summed E-state index contributed by atoms with van der Waals surface area (Å²) in [5, 5.41) is 9.27. The molecule has 1 aromatic heterocycles. The van der Waals surface area contributed by atoms with E-state index in [4.69, 9.17) is 9.15 Å².